The molecule has 1 aliphatic heterocycles. The van der Waals surface area contributed by atoms with E-state index in [-0.39, 0.29) is 0 Å². The molecule has 1 aromatic carbocycles. The number of aryl methyl sites for hydroxylation is 2. The molecule has 31 heavy (non-hydrogen) atoms. The van der Waals surface area contributed by atoms with Gasteiger partial charge in [-0.2, -0.15) is 0 Å². The Kier molecular flexibility index (Phi) is 6.34. The van der Waals surface area contributed by atoms with E-state index in [1.54, 1.807) is 0 Å². The van der Waals surface area contributed by atoms with Crippen LogP contribution in [-0.4, -0.2) is 61.4 Å². The summed E-state index contributed by atoms with van der Waals surface area (Å²) >= 11 is 1.88. The predicted molar refractivity (Wildman–Crippen MR) is 125 cm³/mol. The van der Waals surface area contributed by atoms with Crippen LogP contribution in [0.15, 0.2) is 30.3 Å². The molecule has 0 unspecified atom stereocenters. The number of aromatic nitrogens is 2. The standard InChI is InChI=1S/C24H30N4O2S/c1-27(11-16-30-18-7-3-2-4-8-18)23-22-19-9-5-6-10-20(19)31-24(22)26-21(25-23)17-28-12-14-29-15-13-28/h2-4,7-8H,5-6,9-17H2,1H3. The quantitative estimate of drug-likeness (QED) is 0.557. The van der Waals surface area contributed by atoms with Crippen molar-refractivity contribution in [1.82, 2.24) is 14.9 Å². The van der Waals surface area contributed by atoms with Crippen LogP contribution in [0.3, 0.4) is 0 Å². The second-order valence-electron chi connectivity index (χ2n) is 8.33. The highest BCUT2D eigenvalue weighted by Gasteiger charge is 2.23. The molecule has 1 fully saturated rings. The molecule has 0 atom stereocenters. The topological polar surface area (TPSA) is 50.7 Å². The fourth-order valence-electron chi connectivity index (χ4n) is 4.41. The zero-order chi connectivity index (χ0) is 21.0. The molecule has 0 spiro atoms. The minimum atomic E-state index is 0.622. The molecule has 1 saturated heterocycles. The molecule has 0 radical (unpaired) electrons. The van der Waals surface area contributed by atoms with Gasteiger partial charge >= 0.3 is 0 Å². The van der Waals surface area contributed by atoms with Crippen LogP contribution in [0.2, 0.25) is 0 Å². The summed E-state index contributed by atoms with van der Waals surface area (Å²) in [6.07, 6.45) is 4.86. The molecule has 0 bridgehead atoms. The van der Waals surface area contributed by atoms with Crippen molar-refractivity contribution < 1.29 is 9.47 Å². The summed E-state index contributed by atoms with van der Waals surface area (Å²) in [7, 11) is 2.13. The maximum Gasteiger partial charge on any atom is 0.146 e. The zero-order valence-corrected chi connectivity index (χ0v) is 19.0. The summed E-state index contributed by atoms with van der Waals surface area (Å²) < 4.78 is 11.5. The summed E-state index contributed by atoms with van der Waals surface area (Å²) in [6, 6.07) is 10.0. The Bertz CT molecular complexity index is 1020. The van der Waals surface area contributed by atoms with E-state index < -0.39 is 0 Å². The number of nitrogens with zero attached hydrogens (tertiary/aromatic N) is 4. The van der Waals surface area contributed by atoms with Crippen molar-refractivity contribution in [3.8, 4) is 5.75 Å². The first-order valence-electron chi connectivity index (χ1n) is 11.3. The monoisotopic (exact) mass is 438 g/mol. The second-order valence-corrected chi connectivity index (χ2v) is 9.41. The number of para-hydroxylation sites is 1. The lowest BCUT2D eigenvalue weighted by Crippen LogP contribution is -2.36. The lowest BCUT2D eigenvalue weighted by molar-refractivity contribution is 0.0331. The smallest absolute Gasteiger partial charge is 0.146 e. The fourth-order valence-corrected chi connectivity index (χ4v) is 5.69. The van der Waals surface area contributed by atoms with Crippen molar-refractivity contribution in [3.63, 3.8) is 0 Å². The van der Waals surface area contributed by atoms with Crippen LogP contribution in [0.25, 0.3) is 10.2 Å². The van der Waals surface area contributed by atoms with E-state index >= 15 is 0 Å². The molecular formula is C24H30N4O2S. The zero-order valence-electron chi connectivity index (χ0n) is 18.2. The average Bonchev–Trinajstić information content (AvgIpc) is 3.18. The van der Waals surface area contributed by atoms with Gasteiger partial charge in [0, 0.05) is 25.0 Å². The van der Waals surface area contributed by atoms with Crippen LogP contribution in [0.4, 0.5) is 5.82 Å². The van der Waals surface area contributed by atoms with Crippen LogP contribution in [-0.2, 0) is 24.1 Å². The minimum Gasteiger partial charge on any atom is -0.492 e. The van der Waals surface area contributed by atoms with Gasteiger partial charge in [0.15, 0.2) is 0 Å². The molecule has 0 amide bonds. The second kappa shape index (κ2) is 9.51. The summed E-state index contributed by atoms with van der Waals surface area (Å²) in [5, 5.41) is 1.27. The highest BCUT2D eigenvalue weighted by Crippen LogP contribution is 2.39. The minimum absolute atomic E-state index is 0.622. The van der Waals surface area contributed by atoms with Gasteiger partial charge in [-0.25, -0.2) is 9.97 Å². The van der Waals surface area contributed by atoms with Crippen molar-refractivity contribution in [2.75, 3.05) is 51.4 Å². The van der Waals surface area contributed by atoms with Crippen LogP contribution in [0.1, 0.15) is 29.1 Å². The largest absolute Gasteiger partial charge is 0.492 e. The lowest BCUT2D eigenvalue weighted by Gasteiger charge is -2.26. The number of benzene rings is 1. The number of rotatable bonds is 7. The van der Waals surface area contributed by atoms with E-state index in [4.69, 9.17) is 19.4 Å². The van der Waals surface area contributed by atoms with Crippen molar-refractivity contribution in [1.29, 1.82) is 0 Å². The fraction of sp³-hybridized carbons (Fsp3) is 0.500. The third kappa shape index (κ3) is 4.68. The van der Waals surface area contributed by atoms with Gasteiger partial charge in [-0.3, -0.25) is 4.90 Å². The van der Waals surface area contributed by atoms with Crippen molar-refractivity contribution in [3.05, 3.63) is 46.6 Å². The normalized spacial score (nSPS) is 16.9. The maximum atomic E-state index is 5.95. The molecule has 3 aromatic rings. The van der Waals surface area contributed by atoms with Gasteiger partial charge in [0.2, 0.25) is 0 Å². The molecule has 0 saturated carbocycles. The SMILES string of the molecule is CN(CCOc1ccccc1)c1nc(CN2CCOCC2)nc2sc3c(c12)CCCC3. The Balaban J connectivity index is 1.41. The van der Waals surface area contributed by atoms with E-state index in [2.05, 4.69) is 16.8 Å². The molecule has 7 heteroatoms. The van der Waals surface area contributed by atoms with E-state index in [1.165, 1.54) is 35.1 Å². The number of hydrogen-bond donors (Lipinski definition) is 0. The van der Waals surface area contributed by atoms with E-state index in [1.807, 2.05) is 41.7 Å². The van der Waals surface area contributed by atoms with Gasteiger partial charge in [-0.1, -0.05) is 18.2 Å². The first-order chi connectivity index (χ1) is 15.3. The Morgan fingerprint density at radius 3 is 2.74 bits per heavy atom. The summed E-state index contributed by atoms with van der Waals surface area (Å²) in [6.45, 7) is 5.65. The number of ether oxygens (including phenoxy) is 2. The number of fused-ring (bicyclic) bond motifs is 3. The van der Waals surface area contributed by atoms with Gasteiger partial charge in [-0.15, -0.1) is 11.3 Å². The van der Waals surface area contributed by atoms with Crippen LogP contribution in [0, 0.1) is 0 Å². The maximum absolute atomic E-state index is 5.95. The van der Waals surface area contributed by atoms with E-state index in [0.717, 1.165) is 68.0 Å². The van der Waals surface area contributed by atoms with E-state index in [0.29, 0.717) is 6.61 Å². The summed E-state index contributed by atoms with van der Waals surface area (Å²) in [4.78, 5) is 17.4. The molecule has 2 aliphatic rings. The van der Waals surface area contributed by atoms with Crippen LogP contribution in [0.5, 0.6) is 5.75 Å². The van der Waals surface area contributed by atoms with Gasteiger partial charge in [0.1, 0.15) is 28.8 Å². The summed E-state index contributed by atoms with van der Waals surface area (Å²) in [5.41, 5.74) is 1.48. The Morgan fingerprint density at radius 2 is 1.90 bits per heavy atom. The summed E-state index contributed by atoms with van der Waals surface area (Å²) in [5.74, 6) is 2.88. The van der Waals surface area contributed by atoms with Crippen molar-refractivity contribution in [2.24, 2.45) is 0 Å². The van der Waals surface area contributed by atoms with Crippen molar-refractivity contribution >= 4 is 27.4 Å². The Labute approximate surface area is 187 Å². The number of hydrogen-bond acceptors (Lipinski definition) is 7. The first kappa shape index (κ1) is 20.7. The van der Waals surface area contributed by atoms with Gasteiger partial charge in [0.05, 0.1) is 31.7 Å². The van der Waals surface area contributed by atoms with Crippen LogP contribution >= 0.6 is 11.3 Å². The molecule has 6 nitrogen and oxygen atoms in total. The third-order valence-corrected chi connectivity index (χ3v) is 7.30. The predicted octanol–water partition coefficient (Wildman–Crippen LogP) is 3.92. The molecule has 3 heterocycles. The molecule has 164 valence electrons. The molecule has 1 aliphatic carbocycles. The van der Waals surface area contributed by atoms with Gasteiger partial charge < -0.3 is 14.4 Å². The van der Waals surface area contributed by atoms with E-state index in [9.17, 15) is 0 Å². The number of thiophene rings is 1. The van der Waals surface area contributed by atoms with Crippen molar-refractivity contribution in [2.45, 2.75) is 32.2 Å². The molecule has 5 rings (SSSR count). The highest BCUT2D eigenvalue weighted by atomic mass is 32.1. The lowest BCUT2D eigenvalue weighted by atomic mass is 9.97. The first-order valence-corrected chi connectivity index (χ1v) is 12.1. The Hall–Kier alpha value is -2.22. The van der Waals surface area contributed by atoms with Gasteiger partial charge in [0.25, 0.3) is 0 Å². The van der Waals surface area contributed by atoms with Crippen LogP contribution < -0.4 is 9.64 Å². The van der Waals surface area contributed by atoms with Gasteiger partial charge in [-0.05, 0) is 43.4 Å². The average molecular weight is 439 g/mol. The highest BCUT2D eigenvalue weighted by molar-refractivity contribution is 7.19. The Morgan fingerprint density at radius 1 is 1.10 bits per heavy atom. The molecule has 0 N–H and O–H groups in total. The molecule has 2 aromatic heterocycles. The number of morpholine rings is 1. The number of likely N-dealkylation sites (N-methyl/N-ethyl adjacent to an activating group) is 1. The number of anilines is 1. The third-order valence-electron chi connectivity index (χ3n) is 6.11. The molecular weight excluding hydrogens is 408 g/mol.